The van der Waals surface area contributed by atoms with Gasteiger partial charge < -0.3 is 10.1 Å². The van der Waals surface area contributed by atoms with Gasteiger partial charge in [0.1, 0.15) is 0 Å². The molecule has 0 bridgehead atoms. The predicted molar refractivity (Wildman–Crippen MR) is 62.4 cm³/mol. The van der Waals surface area contributed by atoms with Crippen LogP contribution in [0.3, 0.4) is 0 Å². The van der Waals surface area contributed by atoms with Crippen LogP contribution in [-0.2, 0) is 4.74 Å². The van der Waals surface area contributed by atoms with Crippen molar-refractivity contribution in [1.82, 2.24) is 10.2 Å². The molecule has 0 aromatic heterocycles. The maximum absolute atomic E-state index is 12.2. The molecule has 3 unspecified atom stereocenters. The molecule has 0 aromatic carbocycles. The first-order chi connectivity index (χ1) is 8.44. The van der Waals surface area contributed by atoms with Crippen LogP contribution in [0.4, 0.5) is 13.2 Å². The lowest BCUT2D eigenvalue weighted by Crippen LogP contribution is -2.39. The second-order valence-electron chi connectivity index (χ2n) is 5.38. The summed E-state index contributed by atoms with van der Waals surface area (Å²) in [6.07, 6.45) is -2.00. The third kappa shape index (κ3) is 4.10. The van der Waals surface area contributed by atoms with E-state index in [1.807, 2.05) is 6.92 Å². The van der Waals surface area contributed by atoms with Gasteiger partial charge in [0.25, 0.3) is 0 Å². The summed E-state index contributed by atoms with van der Waals surface area (Å²) < 4.78 is 42.2. The highest BCUT2D eigenvalue weighted by Crippen LogP contribution is 2.23. The molecule has 0 radical (unpaired) electrons. The first kappa shape index (κ1) is 14.1. The third-order valence-electron chi connectivity index (χ3n) is 3.82. The third-order valence-corrected chi connectivity index (χ3v) is 3.82. The van der Waals surface area contributed by atoms with Crippen LogP contribution in [0.15, 0.2) is 0 Å². The minimum absolute atomic E-state index is 0.220. The summed E-state index contributed by atoms with van der Waals surface area (Å²) in [5.74, 6) is 0.333. The SMILES string of the molecule is CC1OCCC1NCC1CCN(CC(F)(F)F)C1. The summed E-state index contributed by atoms with van der Waals surface area (Å²) in [6, 6.07) is 0.363. The Labute approximate surface area is 106 Å². The van der Waals surface area contributed by atoms with E-state index in [2.05, 4.69) is 5.32 Å². The Morgan fingerprint density at radius 1 is 1.33 bits per heavy atom. The van der Waals surface area contributed by atoms with Crippen LogP contribution in [0, 0.1) is 5.92 Å². The topological polar surface area (TPSA) is 24.5 Å². The Morgan fingerprint density at radius 2 is 2.11 bits per heavy atom. The number of alkyl halides is 3. The number of nitrogens with one attached hydrogen (secondary N) is 1. The largest absolute Gasteiger partial charge is 0.401 e. The number of halogens is 3. The Kier molecular flexibility index (Phi) is 4.50. The molecule has 0 spiro atoms. The lowest BCUT2D eigenvalue weighted by Gasteiger charge is -2.20. The highest BCUT2D eigenvalue weighted by molar-refractivity contribution is 4.83. The molecule has 18 heavy (non-hydrogen) atoms. The fourth-order valence-corrected chi connectivity index (χ4v) is 2.79. The van der Waals surface area contributed by atoms with Crippen LogP contribution >= 0.6 is 0 Å². The van der Waals surface area contributed by atoms with E-state index in [9.17, 15) is 13.2 Å². The number of hydrogen-bond acceptors (Lipinski definition) is 3. The molecule has 2 rings (SSSR count). The van der Waals surface area contributed by atoms with Gasteiger partial charge in [-0.2, -0.15) is 13.2 Å². The smallest absolute Gasteiger partial charge is 0.377 e. The molecule has 1 N–H and O–H groups in total. The van der Waals surface area contributed by atoms with E-state index in [1.54, 1.807) is 0 Å². The van der Waals surface area contributed by atoms with E-state index in [-0.39, 0.29) is 6.10 Å². The quantitative estimate of drug-likeness (QED) is 0.837. The number of ether oxygens (including phenoxy) is 1. The highest BCUT2D eigenvalue weighted by Gasteiger charge is 2.34. The van der Waals surface area contributed by atoms with Crippen LogP contribution in [0.25, 0.3) is 0 Å². The maximum Gasteiger partial charge on any atom is 0.401 e. The summed E-state index contributed by atoms with van der Waals surface area (Å²) in [6.45, 7) is 3.95. The average Bonchev–Trinajstić information content (AvgIpc) is 2.82. The van der Waals surface area contributed by atoms with E-state index >= 15 is 0 Å². The number of likely N-dealkylation sites (tertiary alicyclic amines) is 1. The Hall–Kier alpha value is -0.330. The Balaban J connectivity index is 1.66. The van der Waals surface area contributed by atoms with Gasteiger partial charge in [-0.05, 0) is 38.8 Å². The van der Waals surface area contributed by atoms with Crippen molar-refractivity contribution in [3.8, 4) is 0 Å². The van der Waals surface area contributed by atoms with E-state index in [4.69, 9.17) is 4.74 Å². The molecular weight excluding hydrogens is 245 g/mol. The Bertz CT molecular complexity index is 273. The van der Waals surface area contributed by atoms with E-state index in [0.717, 1.165) is 26.0 Å². The van der Waals surface area contributed by atoms with Crippen LogP contribution in [0.5, 0.6) is 0 Å². The average molecular weight is 266 g/mol. The van der Waals surface area contributed by atoms with Crippen molar-refractivity contribution in [3.63, 3.8) is 0 Å². The van der Waals surface area contributed by atoms with Crippen molar-refractivity contribution in [3.05, 3.63) is 0 Å². The van der Waals surface area contributed by atoms with Crippen LogP contribution in [-0.4, -0.2) is 56.0 Å². The van der Waals surface area contributed by atoms with Crippen LogP contribution < -0.4 is 5.32 Å². The number of rotatable bonds is 4. The van der Waals surface area contributed by atoms with Crippen LogP contribution in [0.1, 0.15) is 19.8 Å². The molecule has 2 heterocycles. The molecule has 2 saturated heterocycles. The molecule has 2 fully saturated rings. The molecule has 106 valence electrons. The van der Waals surface area contributed by atoms with Gasteiger partial charge in [-0.25, -0.2) is 0 Å². The van der Waals surface area contributed by atoms with Crippen molar-refractivity contribution in [2.45, 2.75) is 38.1 Å². The second kappa shape index (κ2) is 5.75. The summed E-state index contributed by atoms with van der Waals surface area (Å²) in [5, 5.41) is 3.42. The van der Waals surface area contributed by atoms with Gasteiger partial charge in [0, 0.05) is 19.2 Å². The van der Waals surface area contributed by atoms with Gasteiger partial charge >= 0.3 is 6.18 Å². The minimum Gasteiger partial charge on any atom is -0.377 e. The van der Waals surface area contributed by atoms with Gasteiger partial charge in [0.2, 0.25) is 0 Å². The van der Waals surface area contributed by atoms with Gasteiger partial charge in [-0.15, -0.1) is 0 Å². The molecular formula is C12H21F3N2O. The molecule has 2 aliphatic rings. The van der Waals surface area contributed by atoms with Gasteiger partial charge in [0.05, 0.1) is 12.6 Å². The van der Waals surface area contributed by atoms with Crippen molar-refractivity contribution >= 4 is 0 Å². The number of nitrogens with zero attached hydrogens (tertiary/aromatic N) is 1. The van der Waals surface area contributed by atoms with Gasteiger partial charge in [-0.3, -0.25) is 4.90 Å². The highest BCUT2D eigenvalue weighted by atomic mass is 19.4. The first-order valence-electron chi connectivity index (χ1n) is 6.58. The van der Waals surface area contributed by atoms with Crippen molar-refractivity contribution in [2.75, 3.05) is 32.8 Å². The summed E-state index contributed by atoms with van der Waals surface area (Å²) in [4.78, 5) is 1.50. The molecule has 0 saturated carbocycles. The number of hydrogen-bond donors (Lipinski definition) is 1. The zero-order valence-electron chi connectivity index (χ0n) is 10.7. The lowest BCUT2D eigenvalue weighted by molar-refractivity contribution is -0.143. The molecule has 3 atom stereocenters. The molecule has 6 heteroatoms. The van der Waals surface area contributed by atoms with Gasteiger partial charge in [0.15, 0.2) is 0 Å². The molecule has 0 aromatic rings. The zero-order chi connectivity index (χ0) is 13.2. The second-order valence-corrected chi connectivity index (χ2v) is 5.38. The molecule has 2 aliphatic heterocycles. The zero-order valence-corrected chi connectivity index (χ0v) is 10.7. The summed E-state index contributed by atoms with van der Waals surface area (Å²) >= 11 is 0. The van der Waals surface area contributed by atoms with E-state index in [1.165, 1.54) is 4.90 Å². The minimum atomic E-state index is -4.07. The predicted octanol–water partition coefficient (Wildman–Crippen LogP) is 1.64. The standard InChI is InChI=1S/C12H21F3N2O/c1-9-11(3-5-18-9)16-6-10-2-4-17(7-10)8-12(13,14)15/h9-11,16H,2-8H2,1H3. The fraction of sp³-hybridized carbons (Fsp3) is 1.00. The normalized spacial score (nSPS) is 34.3. The molecule has 3 nitrogen and oxygen atoms in total. The van der Waals surface area contributed by atoms with E-state index in [0.29, 0.717) is 25.0 Å². The van der Waals surface area contributed by atoms with Crippen LogP contribution in [0.2, 0.25) is 0 Å². The van der Waals surface area contributed by atoms with Crippen molar-refractivity contribution in [1.29, 1.82) is 0 Å². The Morgan fingerprint density at radius 3 is 2.72 bits per heavy atom. The maximum atomic E-state index is 12.2. The first-order valence-corrected chi connectivity index (χ1v) is 6.58. The van der Waals surface area contributed by atoms with Crippen molar-refractivity contribution in [2.24, 2.45) is 5.92 Å². The van der Waals surface area contributed by atoms with E-state index < -0.39 is 12.7 Å². The summed E-state index contributed by atoms with van der Waals surface area (Å²) in [7, 11) is 0. The lowest BCUT2D eigenvalue weighted by atomic mass is 10.1. The molecule has 0 aliphatic carbocycles. The monoisotopic (exact) mass is 266 g/mol. The molecule has 0 amide bonds. The summed E-state index contributed by atoms with van der Waals surface area (Å²) in [5.41, 5.74) is 0. The fourth-order valence-electron chi connectivity index (χ4n) is 2.79. The van der Waals surface area contributed by atoms with Crippen molar-refractivity contribution < 1.29 is 17.9 Å². The van der Waals surface area contributed by atoms with Gasteiger partial charge in [-0.1, -0.05) is 0 Å².